The van der Waals surface area contributed by atoms with Crippen LogP contribution in [-0.2, 0) is 21.4 Å². The molecule has 4 N–H and O–H groups in total. The van der Waals surface area contributed by atoms with Crippen LogP contribution in [0, 0.1) is 0 Å². The number of carbonyl (C=O) groups excluding carboxylic acids is 1. The summed E-state index contributed by atoms with van der Waals surface area (Å²) in [5.41, 5.74) is 6.98. The van der Waals surface area contributed by atoms with E-state index in [-0.39, 0.29) is 27.5 Å². The molecule has 0 atom stereocenters. The third kappa shape index (κ3) is 5.68. The monoisotopic (exact) mass is 557 g/mol. The van der Waals surface area contributed by atoms with E-state index in [4.69, 9.17) is 17.4 Å². The SMILES string of the molecule is CC(C)c1ccc2c(c1)C(=NNC(=S)Nc1cccc(S(N)(=O)=O)c1)C(=O)N2Cc1ccc2ccccc2c1. The molecule has 39 heavy (non-hydrogen) atoms. The molecule has 198 valence electrons. The Morgan fingerprint density at radius 1 is 0.974 bits per heavy atom. The van der Waals surface area contributed by atoms with Crippen LogP contribution in [0.5, 0.6) is 0 Å². The lowest BCUT2D eigenvalue weighted by atomic mass is 9.99. The maximum atomic E-state index is 13.6. The average molecular weight is 558 g/mol. The van der Waals surface area contributed by atoms with Crippen LogP contribution in [0.1, 0.15) is 36.5 Å². The van der Waals surface area contributed by atoms with Crippen molar-refractivity contribution in [1.82, 2.24) is 5.43 Å². The molecule has 1 amide bonds. The van der Waals surface area contributed by atoms with Crippen molar-refractivity contribution in [3.8, 4) is 0 Å². The van der Waals surface area contributed by atoms with Gasteiger partial charge in [0.15, 0.2) is 10.8 Å². The molecule has 5 rings (SSSR count). The number of hydrogen-bond acceptors (Lipinski definition) is 5. The average Bonchev–Trinajstić information content (AvgIpc) is 3.16. The van der Waals surface area contributed by atoms with Crippen LogP contribution < -0.4 is 20.8 Å². The number of nitrogens with zero attached hydrogens (tertiary/aromatic N) is 2. The van der Waals surface area contributed by atoms with Crippen molar-refractivity contribution in [2.75, 3.05) is 10.2 Å². The molecular formula is C29H27N5O3S2. The molecule has 1 aliphatic heterocycles. The minimum absolute atomic E-state index is 0.0490. The second-order valence-corrected chi connectivity index (χ2v) is 11.6. The van der Waals surface area contributed by atoms with Crippen LogP contribution in [0.2, 0.25) is 0 Å². The van der Waals surface area contributed by atoms with E-state index in [0.29, 0.717) is 12.2 Å². The van der Waals surface area contributed by atoms with Crippen molar-refractivity contribution < 1.29 is 13.2 Å². The zero-order valence-corrected chi connectivity index (χ0v) is 23.0. The fourth-order valence-corrected chi connectivity index (χ4v) is 5.21. The molecule has 10 heteroatoms. The van der Waals surface area contributed by atoms with E-state index in [0.717, 1.165) is 33.2 Å². The lowest BCUT2D eigenvalue weighted by Gasteiger charge is -2.18. The minimum Gasteiger partial charge on any atom is -0.331 e. The third-order valence-corrected chi connectivity index (χ3v) is 7.63. The molecule has 0 bridgehead atoms. The van der Waals surface area contributed by atoms with Gasteiger partial charge in [-0.2, -0.15) is 5.10 Å². The van der Waals surface area contributed by atoms with Gasteiger partial charge >= 0.3 is 0 Å². The standard InChI is InChI=1S/C29H27N5O3S2/c1-18(2)21-12-13-26-25(15-21)27(32-33-29(38)31-23-8-5-9-24(16-23)39(30,36)37)28(35)34(26)17-19-10-11-20-6-3-4-7-22(20)14-19/h3-16,18H,17H2,1-2H3,(H2,30,36,37)(H2,31,33,38). The number of fused-ring (bicyclic) bond motifs is 2. The zero-order chi connectivity index (χ0) is 27.7. The highest BCUT2D eigenvalue weighted by Gasteiger charge is 2.34. The Morgan fingerprint density at radius 2 is 1.74 bits per heavy atom. The van der Waals surface area contributed by atoms with E-state index in [9.17, 15) is 13.2 Å². The van der Waals surface area contributed by atoms with Gasteiger partial charge in [0.25, 0.3) is 5.91 Å². The number of benzene rings is 4. The second-order valence-electron chi connectivity index (χ2n) is 9.60. The summed E-state index contributed by atoms with van der Waals surface area (Å²) in [5, 5.41) is 14.8. The number of nitrogens with one attached hydrogen (secondary N) is 2. The Balaban J connectivity index is 1.42. The zero-order valence-electron chi connectivity index (χ0n) is 21.4. The summed E-state index contributed by atoms with van der Waals surface area (Å²) in [6.07, 6.45) is 0. The van der Waals surface area contributed by atoms with Gasteiger partial charge in [-0.05, 0) is 76.4 Å². The molecule has 0 radical (unpaired) electrons. The lowest BCUT2D eigenvalue weighted by Crippen LogP contribution is -2.32. The molecule has 0 aliphatic carbocycles. The van der Waals surface area contributed by atoms with Crippen molar-refractivity contribution in [2.24, 2.45) is 10.2 Å². The number of hydrogen-bond donors (Lipinski definition) is 3. The van der Waals surface area contributed by atoms with Crippen molar-refractivity contribution in [1.29, 1.82) is 0 Å². The predicted molar refractivity (Wildman–Crippen MR) is 159 cm³/mol. The fourth-order valence-electron chi connectivity index (χ4n) is 4.49. The largest absolute Gasteiger partial charge is 0.331 e. The van der Waals surface area contributed by atoms with Gasteiger partial charge in [0.05, 0.1) is 17.1 Å². The van der Waals surface area contributed by atoms with Crippen LogP contribution in [-0.4, -0.2) is 25.1 Å². The van der Waals surface area contributed by atoms with Crippen LogP contribution in [0.3, 0.4) is 0 Å². The van der Waals surface area contributed by atoms with Gasteiger partial charge in [0.1, 0.15) is 0 Å². The maximum absolute atomic E-state index is 13.6. The topological polar surface area (TPSA) is 117 Å². The molecule has 8 nitrogen and oxygen atoms in total. The van der Waals surface area contributed by atoms with Gasteiger partial charge in [-0.25, -0.2) is 13.6 Å². The molecule has 4 aromatic rings. The summed E-state index contributed by atoms with van der Waals surface area (Å²) >= 11 is 5.36. The number of primary sulfonamides is 1. The summed E-state index contributed by atoms with van der Waals surface area (Å²) in [7, 11) is -3.86. The van der Waals surface area contributed by atoms with Gasteiger partial charge in [-0.3, -0.25) is 10.2 Å². The number of amides is 1. The number of hydrazone groups is 1. The van der Waals surface area contributed by atoms with Crippen LogP contribution in [0.15, 0.2) is 94.9 Å². The molecule has 0 spiro atoms. The third-order valence-electron chi connectivity index (χ3n) is 6.53. The van der Waals surface area contributed by atoms with Gasteiger partial charge in [-0.15, -0.1) is 0 Å². The summed E-state index contributed by atoms with van der Waals surface area (Å²) < 4.78 is 23.3. The molecule has 0 fully saturated rings. The smallest absolute Gasteiger partial charge is 0.279 e. The Bertz CT molecular complexity index is 1750. The van der Waals surface area contributed by atoms with E-state index >= 15 is 0 Å². The van der Waals surface area contributed by atoms with Crippen molar-refractivity contribution in [2.45, 2.75) is 31.2 Å². The maximum Gasteiger partial charge on any atom is 0.279 e. The number of sulfonamides is 1. The fraction of sp³-hybridized carbons (Fsp3) is 0.138. The molecular weight excluding hydrogens is 530 g/mol. The highest BCUT2D eigenvalue weighted by Crippen LogP contribution is 2.33. The van der Waals surface area contributed by atoms with E-state index in [1.54, 1.807) is 17.0 Å². The van der Waals surface area contributed by atoms with E-state index in [2.05, 4.69) is 54.0 Å². The van der Waals surface area contributed by atoms with Crippen LogP contribution in [0.4, 0.5) is 11.4 Å². The molecule has 4 aromatic carbocycles. The van der Waals surface area contributed by atoms with Crippen molar-refractivity contribution >= 4 is 61.1 Å². The highest BCUT2D eigenvalue weighted by molar-refractivity contribution is 7.89. The van der Waals surface area contributed by atoms with E-state index in [1.807, 2.05) is 36.4 Å². The van der Waals surface area contributed by atoms with Gasteiger partial charge in [0, 0.05) is 11.3 Å². The Morgan fingerprint density at radius 3 is 2.49 bits per heavy atom. The molecule has 0 saturated heterocycles. The second kappa shape index (κ2) is 10.6. The number of carbonyl (C=O) groups is 1. The van der Waals surface area contributed by atoms with Crippen molar-refractivity contribution in [3.63, 3.8) is 0 Å². The van der Waals surface area contributed by atoms with Gasteiger partial charge < -0.3 is 10.2 Å². The predicted octanol–water partition coefficient (Wildman–Crippen LogP) is 4.85. The van der Waals surface area contributed by atoms with E-state index < -0.39 is 10.0 Å². The normalized spacial score (nSPS) is 14.2. The van der Waals surface area contributed by atoms with Gasteiger partial charge in [0.2, 0.25) is 10.0 Å². The quantitative estimate of drug-likeness (QED) is 0.231. The Kier molecular flexibility index (Phi) is 7.17. The summed E-state index contributed by atoms with van der Waals surface area (Å²) in [5.74, 6) is 0.0218. The molecule has 1 aliphatic rings. The lowest BCUT2D eigenvalue weighted by molar-refractivity contribution is -0.112. The Hall–Kier alpha value is -4.12. The van der Waals surface area contributed by atoms with Crippen molar-refractivity contribution in [3.05, 3.63) is 102 Å². The van der Waals surface area contributed by atoms with Crippen LogP contribution >= 0.6 is 12.2 Å². The molecule has 0 saturated carbocycles. The van der Waals surface area contributed by atoms with E-state index in [1.165, 1.54) is 12.1 Å². The Labute approximate surface area is 232 Å². The van der Waals surface area contributed by atoms with Crippen LogP contribution in [0.25, 0.3) is 10.8 Å². The van der Waals surface area contributed by atoms with Gasteiger partial charge in [-0.1, -0.05) is 62.4 Å². The summed E-state index contributed by atoms with van der Waals surface area (Å²) in [6, 6.07) is 26.2. The first-order chi connectivity index (χ1) is 18.6. The molecule has 0 aromatic heterocycles. The highest BCUT2D eigenvalue weighted by atomic mass is 32.2. The number of nitrogens with two attached hydrogens (primary N) is 1. The first kappa shape index (κ1) is 26.5. The molecule has 0 unspecified atom stereocenters. The first-order valence-electron chi connectivity index (χ1n) is 12.3. The number of rotatable bonds is 6. The number of thiocarbonyl (C=S) groups is 1. The summed E-state index contributed by atoms with van der Waals surface area (Å²) in [4.78, 5) is 15.3. The number of anilines is 2. The first-order valence-corrected chi connectivity index (χ1v) is 14.3. The minimum atomic E-state index is -3.86. The summed E-state index contributed by atoms with van der Waals surface area (Å²) in [6.45, 7) is 4.57. The molecule has 1 heterocycles.